The summed E-state index contributed by atoms with van der Waals surface area (Å²) in [4.78, 5) is 13.5. The second kappa shape index (κ2) is 11.1. The van der Waals surface area contributed by atoms with E-state index in [1.165, 1.54) is 5.56 Å². The van der Waals surface area contributed by atoms with Crippen molar-refractivity contribution in [3.63, 3.8) is 0 Å². The maximum absolute atomic E-state index is 12.4. The van der Waals surface area contributed by atoms with Gasteiger partial charge in [0.15, 0.2) is 0 Å². The van der Waals surface area contributed by atoms with Gasteiger partial charge in [0.05, 0.1) is 11.9 Å². The number of hydrogen-bond donors (Lipinski definition) is 1. The maximum atomic E-state index is 12.4. The molecule has 2 aromatic carbocycles. The van der Waals surface area contributed by atoms with E-state index in [1.807, 2.05) is 56.3 Å². The fraction of sp³-hybridized carbons (Fsp3) is 0.381. The van der Waals surface area contributed by atoms with Gasteiger partial charge in [0, 0.05) is 16.5 Å². The predicted molar refractivity (Wildman–Crippen MR) is 110 cm³/mol. The minimum absolute atomic E-state index is 0.0885. The Morgan fingerprint density at radius 1 is 1.15 bits per heavy atom. The Labute approximate surface area is 165 Å². The van der Waals surface area contributed by atoms with Crippen LogP contribution in [0, 0.1) is 0 Å². The summed E-state index contributed by atoms with van der Waals surface area (Å²) < 4.78 is 5.65. The van der Waals surface area contributed by atoms with E-state index in [0.29, 0.717) is 18.2 Å². The molecule has 0 fully saturated rings. The van der Waals surface area contributed by atoms with E-state index < -0.39 is 0 Å². The lowest BCUT2D eigenvalue weighted by atomic mass is 10.1. The van der Waals surface area contributed by atoms with Gasteiger partial charge < -0.3 is 10.1 Å². The third kappa shape index (κ3) is 6.58. The van der Waals surface area contributed by atoms with Crippen LogP contribution in [-0.2, 0) is 11.2 Å². The first-order valence-corrected chi connectivity index (χ1v) is 10.3. The lowest BCUT2D eigenvalue weighted by Gasteiger charge is -2.15. The minimum atomic E-state index is -0.0908. The SMILES string of the molecule is CCOc1ccccc1CCCNC(=O)C(CC)Sc1ccc(Cl)cc1. The molecule has 0 spiro atoms. The molecule has 0 heterocycles. The van der Waals surface area contributed by atoms with Crippen molar-refractivity contribution in [2.75, 3.05) is 13.2 Å². The van der Waals surface area contributed by atoms with Crippen LogP contribution in [0.15, 0.2) is 53.4 Å². The number of hydrogen-bond acceptors (Lipinski definition) is 3. The summed E-state index contributed by atoms with van der Waals surface area (Å²) in [5, 5.41) is 3.68. The van der Waals surface area contributed by atoms with E-state index in [9.17, 15) is 4.79 Å². The number of aryl methyl sites for hydroxylation is 1. The Hall–Kier alpha value is -1.65. The fourth-order valence-corrected chi connectivity index (χ4v) is 3.72. The molecule has 2 aromatic rings. The van der Waals surface area contributed by atoms with Gasteiger partial charge in [0.1, 0.15) is 5.75 Å². The highest BCUT2D eigenvalue weighted by Crippen LogP contribution is 2.26. The largest absolute Gasteiger partial charge is 0.494 e. The van der Waals surface area contributed by atoms with Gasteiger partial charge in [-0.15, -0.1) is 11.8 Å². The number of para-hydroxylation sites is 1. The van der Waals surface area contributed by atoms with Gasteiger partial charge in [-0.1, -0.05) is 36.7 Å². The average Bonchev–Trinajstić information content (AvgIpc) is 2.66. The van der Waals surface area contributed by atoms with Crippen LogP contribution < -0.4 is 10.1 Å². The number of benzene rings is 2. The van der Waals surface area contributed by atoms with Crippen LogP contribution in [-0.4, -0.2) is 24.3 Å². The molecule has 0 aliphatic rings. The molecule has 0 radical (unpaired) electrons. The first kappa shape index (κ1) is 20.7. The molecule has 1 amide bonds. The number of nitrogens with one attached hydrogen (secondary N) is 1. The Morgan fingerprint density at radius 2 is 1.88 bits per heavy atom. The topological polar surface area (TPSA) is 38.3 Å². The number of amides is 1. The van der Waals surface area contributed by atoms with Crippen LogP contribution in [0.5, 0.6) is 5.75 Å². The third-order valence-corrected chi connectivity index (χ3v) is 5.58. The molecule has 140 valence electrons. The van der Waals surface area contributed by atoms with Gasteiger partial charge in [-0.2, -0.15) is 0 Å². The molecule has 1 unspecified atom stereocenters. The minimum Gasteiger partial charge on any atom is -0.494 e. The summed E-state index contributed by atoms with van der Waals surface area (Å²) in [6.45, 7) is 5.34. The van der Waals surface area contributed by atoms with Crippen molar-refractivity contribution in [2.45, 2.75) is 43.3 Å². The van der Waals surface area contributed by atoms with Crippen LogP contribution in [0.2, 0.25) is 5.02 Å². The third-order valence-electron chi connectivity index (χ3n) is 3.95. The number of rotatable bonds is 10. The average molecular weight is 392 g/mol. The summed E-state index contributed by atoms with van der Waals surface area (Å²) in [7, 11) is 0. The van der Waals surface area contributed by atoms with Crippen molar-refractivity contribution < 1.29 is 9.53 Å². The lowest BCUT2D eigenvalue weighted by molar-refractivity contribution is -0.120. The zero-order valence-corrected chi connectivity index (χ0v) is 16.9. The van der Waals surface area contributed by atoms with E-state index in [0.717, 1.165) is 29.9 Å². The highest BCUT2D eigenvalue weighted by atomic mass is 35.5. The molecule has 0 bridgehead atoms. The van der Waals surface area contributed by atoms with Crippen LogP contribution in [0.4, 0.5) is 0 Å². The molecule has 0 aliphatic carbocycles. The van der Waals surface area contributed by atoms with Gasteiger partial charge in [0.25, 0.3) is 0 Å². The van der Waals surface area contributed by atoms with Crippen molar-refractivity contribution in [3.8, 4) is 5.75 Å². The van der Waals surface area contributed by atoms with Gasteiger partial charge >= 0.3 is 0 Å². The second-order valence-electron chi connectivity index (χ2n) is 5.90. The van der Waals surface area contributed by atoms with E-state index in [4.69, 9.17) is 16.3 Å². The molecular weight excluding hydrogens is 366 g/mol. The van der Waals surface area contributed by atoms with Gasteiger partial charge in [-0.05, 0) is 62.1 Å². The molecule has 0 saturated carbocycles. The van der Waals surface area contributed by atoms with Gasteiger partial charge in [-0.25, -0.2) is 0 Å². The second-order valence-corrected chi connectivity index (χ2v) is 7.62. The standard InChI is InChI=1S/C21H26ClNO2S/c1-3-20(26-18-13-11-17(22)12-14-18)21(24)23-15-7-9-16-8-5-6-10-19(16)25-4-2/h5-6,8,10-14,20H,3-4,7,9,15H2,1-2H3,(H,23,24). The zero-order chi connectivity index (χ0) is 18.8. The smallest absolute Gasteiger partial charge is 0.233 e. The van der Waals surface area contributed by atoms with E-state index in [2.05, 4.69) is 11.4 Å². The summed E-state index contributed by atoms with van der Waals surface area (Å²) in [5.74, 6) is 1.02. The first-order chi connectivity index (χ1) is 12.6. The zero-order valence-electron chi connectivity index (χ0n) is 15.3. The van der Waals surface area contributed by atoms with Crippen LogP contribution in [0.3, 0.4) is 0 Å². The summed E-state index contributed by atoms with van der Waals surface area (Å²) in [6.07, 6.45) is 2.56. The Kier molecular flexibility index (Phi) is 8.86. The summed E-state index contributed by atoms with van der Waals surface area (Å²) >= 11 is 7.49. The molecule has 1 atom stereocenters. The maximum Gasteiger partial charge on any atom is 0.233 e. The van der Waals surface area contributed by atoms with Gasteiger partial charge in [-0.3, -0.25) is 4.79 Å². The Balaban J connectivity index is 1.79. The highest BCUT2D eigenvalue weighted by molar-refractivity contribution is 8.00. The first-order valence-electron chi connectivity index (χ1n) is 9.04. The monoisotopic (exact) mass is 391 g/mol. The number of carbonyl (C=O) groups is 1. The molecular formula is C21H26ClNO2S. The highest BCUT2D eigenvalue weighted by Gasteiger charge is 2.17. The summed E-state index contributed by atoms with van der Waals surface area (Å²) in [5.41, 5.74) is 1.19. The van der Waals surface area contributed by atoms with Crippen LogP contribution >= 0.6 is 23.4 Å². The number of ether oxygens (including phenoxy) is 1. The molecule has 5 heteroatoms. The number of carbonyl (C=O) groups excluding carboxylic acids is 1. The molecule has 2 rings (SSSR count). The lowest BCUT2D eigenvalue weighted by Crippen LogP contribution is -2.33. The molecule has 1 N–H and O–H groups in total. The van der Waals surface area contributed by atoms with Crippen molar-refractivity contribution in [3.05, 3.63) is 59.1 Å². The van der Waals surface area contributed by atoms with E-state index >= 15 is 0 Å². The van der Waals surface area contributed by atoms with Crippen molar-refractivity contribution in [1.29, 1.82) is 0 Å². The fourth-order valence-electron chi connectivity index (χ4n) is 2.61. The summed E-state index contributed by atoms with van der Waals surface area (Å²) in [6, 6.07) is 15.7. The molecule has 0 saturated heterocycles. The molecule has 3 nitrogen and oxygen atoms in total. The quantitative estimate of drug-likeness (QED) is 0.437. The normalized spacial score (nSPS) is 11.8. The number of halogens is 1. The van der Waals surface area contributed by atoms with E-state index in [1.54, 1.807) is 11.8 Å². The predicted octanol–water partition coefficient (Wildman–Crippen LogP) is 5.36. The van der Waals surface area contributed by atoms with Crippen molar-refractivity contribution >= 4 is 29.3 Å². The van der Waals surface area contributed by atoms with Crippen molar-refractivity contribution in [2.24, 2.45) is 0 Å². The molecule has 0 aliphatic heterocycles. The van der Waals surface area contributed by atoms with Gasteiger partial charge in [0.2, 0.25) is 5.91 Å². The Morgan fingerprint density at radius 3 is 2.58 bits per heavy atom. The van der Waals surface area contributed by atoms with Crippen LogP contribution in [0.1, 0.15) is 32.3 Å². The number of thioether (sulfide) groups is 1. The van der Waals surface area contributed by atoms with E-state index in [-0.39, 0.29) is 11.2 Å². The van der Waals surface area contributed by atoms with Crippen molar-refractivity contribution in [1.82, 2.24) is 5.32 Å². The Bertz CT molecular complexity index is 691. The molecule has 0 aromatic heterocycles. The molecule has 26 heavy (non-hydrogen) atoms. The van der Waals surface area contributed by atoms with Crippen LogP contribution in [0.25, 0.3) is 0 Å².